The summed E-state index contributed by atoms with van der Waals surface area (Å²) in [5.41, 5.74) is 4.91. The topological polar surface area (TPSA) is 111 Å². The van der Waals surface area contributed by atoms with Gasteiger partial charge in [-0.1, -0.05) is 11.6 Å². The molecule has 1 aromatic heterocycles. The van der Waals surface area contributed by atoms with Crippen LogP contribution < -0.4 is 11.1 Å². The number of nitro groups is 1. The second kappa shape index (κ2) is 6.06. The van der Waals surface area contributed by atoms with Crippen LogP contribution in [0.5, 0.6) is 0 Å². The minimum Gasteiger partial charge on any atom is -0.392 e. The zero-order valence-corrected chi connectivity index (χ0v) is 12.7. The molecule has 2 rings (SSSR count). The van der Waals surface area contributed by atoms with Crippen molar-refractivity contribution in [1.82, 2.24) is 4.98 Å². The van der Waals surface area contributed by atoms with Crippen molar-refractivity contribution in [2.75, 3.05) is 11.1 Å². The van der Waals surface area contributed by atoms with E-state index in [9.17, 15) is 14.9 Å². The first kappa shape index (κ1) is 15.2. The van der Waals surface area contributed by atoms with Crippen LogP contribution in [-0.4, -0.2) is 15.8 Å². The minimum absolute atomic E-state index is 0.0125. The maximum Gasteiger partial charge on any atom is 0.294 e. The van der Waals surface area contributed by atoms with Crippen molar-refractivity contribution in [2.45, 2.75) is 0 Å². The highest BCUT2D eigenvalue weighted by atomic mass is 79.9. The maximum absolute atomic E-state index is 12.1. The number of nitrogen functional groups attached to an aromatic ring is 1. The van der Waals surface area contributed by atoms with E-state index in [0.717, 1.165) is 6.07 Å². The van der Waals surface area contributed by atoms with Crippen molar-refractivity contribution >= 4 is 50.6 Å². The molecule has 0 spiro atoms. The molecule has 0 unspecified atom stereocenters. The molecule has 3 N–H and O–H groups in total. The first-order chi connectivity index (χ1) is 9.90. The van der Waals surface area contributed by atoms with Crippen molar-refractivity contribution in [2.24, 2.45) is 0 Å². The molecule has 0 bridgehead atoms. The molecule has 7 nitrogen and oxygen atoms in total. The van der Waals surface area contributed by atoms with Gasteiger partial charge in [-0.15, -0.1) is 0 Å². The molecule has 1 heterocycles. The molecule has 108 valence electrons. The lowest BCUT2D eigenvalue weighted by molar-refractivity contribution is -0.383. The van der Waals surface area contributed by atoms with Gasteiger partial charge in [-0.25, -0.2) is 4.98 Å². The van der Waals surface area contributed by atoms with E-state index < -0.39 is 16.5 Å². The van der Waals surface area contributed by atoms with Gasteiger partial charge in [0.25, 0.3) is 11.6 Å². The van der Waals surface area contributed by atoms with E-state index in [4.69, 9.17) is 17.3 Å². The van der Waals surface area contributed by atoms with E-state index >= 15 is 0 Å². The summed E-state index contributed by atoms with van der Waals surface area (Å²) in [6, 6.07) is 5.70. The molecule has 0 aliphatic carbocycles. The Bertz CT molecular complexity index is 738. The summed E-state index contributed by atoms with van der Waals surface area (Å²) in [6.45, 7) is 0. The fourth-order valence-corrected chi connectivity index (χ4v) is 2.11. The third-order valence-corrected chi connectivity index (χ3v) is 3.51. The number of benzene rings is 1. The molecule has 0 fully saturated rings. The molecule has 0 radical (unpaired) electrons. The Morgan fingerprint density at radius 3 is 2.81 bits per heavy atom. The van der Waals surface area contributed by atoms with Gasteiger partial charge in [-0.2, -0.15) is 0 Å². The van der Waals surface area contributed by atoms with Gasteiger partial charge < -0.3 is 11.1 Å². The molecule has 1 aromatic carbocycles. The fourth-order valence-electron chi connectivity index (χ4n) is 1.54. The number of aromatic nitrogens is 1. The van der Waals surface area contributed by atoms with Crippen LogP contribution in [0, 0.1) is 10.1 Å². The molecule has 21 heavy (non-hydrogen) atoms. The summed E-state index contributed by atoms with van der Waals surface area (Å²) in [5, 5.41) is 13.3. The van der Waals surface area contributed by atoms with Crippen molar-refractivity contribution in [3.05, 3.63) is 55.6 Å². The van der Waals surface area contributed by atoms with E-state index in [2.05, 4.69) is 26.2 Å². The standard InChI is InChI=1S/C12H8BrClN4O3/c13-7-2-1-3-16-11(7)17-12(19)6-4-8(14)10(15)9(5-6)18(20)21/h1-5H,15H2,(H,16,17,19). The number of carbonyl (C=O) groups is 1. The number of amides is 1. The largest absolute Gasteiger partial charge is 0.392 e. The molecular weight excluding hydrogens is 364 g/mol. The summed E-state index contributed by atoms with van der Waals surface area (Å²) in [6.07, 6.45) is 1.50. The Morgan fingerprint density at radius 1 is 1.48 bits per heavy atom. The van der Waals surface area contributed by atoms with E-state index in [0.29, 0.717) is 4.47 Å². The molecule has 0 saturated heterocycles. The van der Waals surface area contributed by atoms with E-state index in [1.165, 1.54) is 12.3 Å². The SMILES string of the molecule is Nc1c(Cl)cc(C(=O)Nc2ncccc2Br)cc1[N+](=O)[O-]. The number of hydrogen-bond acceptors (Lipinski definition) is 5. The summed E-state index contributed by atoms with van der Waals surface area (Å²) < 4.78 is 0.578. The average Bonchev–Trinajstić information content (AvgIpc) is 2.43. The Hall–Kier alpha value is -2.19. The van der Waals surface area contributed by atoms with Crippen LogP contribution in [-0.2, 0) is 0 Å². The highest BCUT2D eigenvalue weighted by Crippen LogP contribution is 2.31. The van der Waals surface area contributed by atoms with Gasteiger partial charge in [0.05, 0.1) is 14.4 Å². The normalized spacial score (nSPS) is 10.2. The summed E-state index contributed by atoms with van der Waals surface area (Å²) in [4.78, 5) is 26.3. The van der Waals surface area contributed by atoms with Crippen molar-refractivity contribution in [3.8, 4) is 0 Å². The molecule has 1 amide bonds. The molecule has 0 atom stereocenters. The van der Waals surface area contributed by atoms with Crippen LogP contribution in [0.25, 0.3) is 0 Å². The predicted molar refractivity (Wildman–Crippen MR) is 82.4 cm³/mol. The van der Waals surface area contributed by atoms with Crippen LogP contribution in [0.1, 0.15) is 10.4 Å². The van der Waals surface area contributed by atoms with Crippen LogP contribution in [0.15, 0.2) is 34.9 Å². The van der Waals surface area contributed by atoms with Gasteiger partial charge in [0.2, 0.25) is 0 Å². The van der Waals surface area contributed by atoms with Crippen LogP contribution in [0.3, 0.4) is 0 Å². The Labute approximate surface area is 132 Å². The van der Waals surface area contributed by atoms with E-state index in [1.807, 2.05) is 0 Å². The third kappa shape index (κ3) is 3.29. The number of anilines is 2. The maximum atomic E-state index is 12.1. The number of rotatable bonds is 3. The number of nitrogens with one attached hydrogen (secondary N) is 1. The van der Waals surface area contributed by atoms with Crippen LogP contribution in [0.4, 0.5) is 17.2 Å². The number of nitrogens with two attached hydrogens (primary N) is 1. The molecule has 0 saturated carbocycles. The molecular formula is C12H8BrClN4O3. The number of hydrogen-bond donors (Lipinski definition) is 2. The van der Waals surface area contributed by atoms with E-state index in [1.54, 1.807) is 12.1 Å². The second-order valence-electron chi connectivity index (χ2n) is 3.94. The molecule has 0 aliphatic rings. The van der Waals surface area contributed by atoms with E-state index in [-0.39, 0.29) is 22.1 Å². The smallest absolute Gasteiger partial charge is 0.294 e. The molecule has 0 aliphatic heterocycles. The van der Waals surface area contributed by atoms with Crippen molar-refractivity contribution in [3.63, 3.8) is 0 Å². The van der Waals surface area contributed by atoms with Gasteiger partial charge in [0, 0.05) is 17.8 Å². The highest BCUT2D eigenvalue weighted by Gasteiger charge is 2.20. The zero-order chi connectivity index (χ0) is 15.6. The van der Waals surface area contributed by atoms with Gasteiger partial charge in [0.1, 0.15) is 11.5 Å². The summed E-state index contributed by atoms with van der Waals surface area (Å²) >= 11 is 9.04. The van der Waals surface area contributed by atoms with Crippen molar-refractivity contribution < 1.29 is 9.72 Å². The molecule has 2 aromatic rings. The van der Waals surface area contributed by atoms with Crippen LogP contribution >= 0.6 is 27.5 Å². The Balaban J connectivity index is 2.36. The lowest BCUT2D eigenvalue weighted by atomic mass is 10.1. The zero-order valence-electron chi connectivity index (χ0n) is 10.3. The first-order valence-electron chi connectivity index (χ1n) is 5.55. The van der Waals surface area contributed by atoms with Gasteiger partial charge in [-0.05, 0) is 34.1 Å². The van der Waals surface area contributed by atoms with Crippen LogP contribution in [0.2, 0.25) is 5.02 Å². The first-order valence-corrected chi connectivity index (χ1v) is 6.72. The Kier molecular flexibility index (Phi) is 4.39. The lowest BCUT2D eigenvalue weighted by Crippen LogP contribution is -2.14. The fraction of sp³-hybridized carbons (Fsp3) is 0. The highest BCUT2D eigenvalue weighted by molar-refractivity contribution is 9.10. The molecule has 9 heteroatoms. The predicted octanol–water partition coefficient (Wildman–Crippen LogP) is 3.24. The lowest BCUT2D eigenvalue weighted by Gasteiger charge is -2.07. The second-order valence-corrected chi connectivity index (χ2v) is 5.20. The Morgan fingerprint density at radius 2 is 2.19 bits per heavy atom. The quantitative estimate of drug-likeness (QED) is 0.489. The number of nitrogens with zero attached hydrogens (tertiary/aromatic N) is 2. The summed E-state index contributed by atoms with van der Waals surface area (Å²) in [5.74, 6) is -0.294. The average molecular weight is 372 g/mol. The third-order valence-electron chi connectivity index (χ3n) is 2.56. The van der Waals surface area contributed by atoms with Crippen molar-refractivity contribution in [1.29, 1.82) is 0 Å². The monoisotopic (exact) mass is 370 g/mol. The van der Waals surface area contributed by atoms with Gasteiger partial charge >= 0.3 is 0 Å². The van der Waals surface area contributed by atoms with Gasteiger partial charge in [0.15, 0.2) is 0 Å². The minimum atomic E-state index is -0.700. The summed E-state index contributed by atoms with van der Waals surface area (Å²) in [7, 11) is 0. The van der Waals surface area contributed by atoms with Gasteiger partial charge in [-0.3, -0.25) is 14.9 Å². The number of pyridine rings is 1. The number of nitro benzene ring substituents is 1. The number of carbonyl (C=O) groups excluding carboxylic acids is 1. The number of halogens is 2.